The molecule has 0 fully saturated rings. The summed E-state index contributed by atoms with van der Waals surface area (Å²) in [6, 6.07) is 12.3. The molecule has 0 radical (unpaired) electrons. The third-order valence-corrected chi connectivity index (χ3v) is 4.31. The summed E-state index contributed by atoms with van der Waals surface area (Å²) >= 11 is 0. The molecular weight excluding hydrogens is 390 g/mol. The molecule has 0 bridgehead atoms. The molecule has 8 heteroatoms. The third kappa shape index (κ3) is 6.31. The smallest absolute Gasteiger partial charge is 0.226 e. The summed E-state index contributed by atoms with van der Waals surface area (Å²) in [4.78, 5) is 22.4. The highest BCUT2D eigenvalue weighted by molar-refractivity contribution is 5.90. The maximum Gasteiger partial charge on any atom is 0.226 e. The number of aromatic nitrogens is 2. The minimum Gasteiger partial charge on any atom is -0.384 e. The van der Waals surface area contributed by atoms with Gasteiger partial charge in [-0.25, -0.2) is 18.7 Å². The van der Waals surface area contributed by atoms with Gasteiger partial charge in [0, 0.05) is 20.2 Å². The molecule has 2 aromatic carbocycles. The number of carbonyl (C=O) groups is 1. The zero-order valence-corrected chi connectivity index (χ0v) is 16.5. The quantitative estimate of drug-likeness (QED) is 0.577. The van der Waals surface area contributed by atoms with Gasteiger partial charge < -0.3 is 15.0 Å². The van der Waals surface area contributed by atoms with Gasteiger partial charge in [-0.15, -0.1) is 0 Å². The van der Waals surface area contributed by atoms with Crippen molar-refractivity contribution in [2.24, 2.45) is 0 Å². The number of amides is 1. The van der Waals surface area contributed by atoms with Crippen LogP contribution >= 0.6 is 0 Å². The van der Waals surface area contributed by atoms with E-state index in [2.05, 4.69) is 15.3 Å². The summed E-state index contributed by atoms with van der Waals surface area (Å²) in [7, 11) is 1.53. The van der Waals surface area contributed by atoms with Crippen molar-refractivity contribution in [2.75, 3.05) is 23.9 Å². The summed E-state index contributed by atoms with van der Waals surface area (Å²) < 4.78 is 31.4. The van der Waals surface area contributed by atoms with Crippen molar-refractivity contribution in [1.82, 2.24) is 9.97 Å². The topological polar surface area (TPSA) is 67.3 Å². The lowest BCUT2D eigenvalue weighted by Crippen LogP contribution is -2.24. The fourth-order valence-corrected chi connectivity index (χ4v) is 2.79. The van der Waals surface area contributed by atoms with E-state index < -0.39 is 0 Å². The van der Waals surface area contributed by atoms with E-state index in [-0.39, 0.29) is 24.0 Å². The van der Waals surface area contributed by atoms with Crippen LogP contribution in [0.25, 0.3) is 0 Å². The first kappa shape index (κ1) is 21.3. The first-order valence-corrected chi connectivity index (χ1v) is 9.38. The van der Waals surface area contributed by atoms with Crippen LogP contribution in [0.1, 0.15) is 17.5 Å². The molecule has 1 amide bonds. The number of anilines is 2. The normalized spacial score (nSPS) is 10.6. The molecule has 0 aliphatic heterocycles. The van der Waals surface area contributed by atoms with Crippen LogP contribution < -0.4 is 10.2 Å². The van der Waals surface area contributed by atoms with Gasteiger partial charge in [0.1, 0.15) is 11.6 Å². The summed E-state index contributed by atoms with van der Waals surface area (Å²) in [5, 5.41) is 2.71. The van der Waals surface area contributed by atoms with E-state index in [1.165, 1.54) is 43.8 Å². The molecule has 6 nitrogen and oxygen atoms in total. The molecule has 0 aliphatic carbocycles. The lowest BCUT2D eigenvalue weighted by Gasteiger charge is -2.23. The van der Waals surface area contributed by atoms with Gasteiger partial charge >= 0.3 is 0 Å². The molecule has 1 aromatic heterocycles. The van der Waals surface area contributed by atoms with Gasteiger partial charge in [0.2, 0.25) is 11.9 Å². The van der Waals surface area contributed by atoms with Crippen molar-refractivity contribution in [3.8, 4) is 0 Å². The molecule has 0 spiro atoms. The number of rotatable bonds is 9. The Balaban J connectivity index is 1.77. The summed E-state index contributed by atoms with van der Waals surface area (Å²) in [5.41, 5.74) is 2.22. The van der Waals surface area contributed by atoms with Crippen molar-refractivity contribution in [2.45, 2.75) is 19.5 Å². The number of hydrogen-bond donors (Lipinski definition) is 1. The fraction of sp³-hybridized carbons (Fsp3) is 0.227. The summed E-state index contributed by atoms with van der Waals surface area (Å²) in [6.45, 7) is 1.18. The second-order valence-electron chi connectivity index (χ2n) is 6.67. The van der Waals surface area contributed by atoms with E-state index in [9.17, 15) is 13.6 Å². The van der Waals surface area contributed by atoms with Gasteiger partial charge in [-0.05, 0) is 35.4 Å². The van der Waals surface area contributed by atoms with Crippen LogP contribution in [0.3, 0.4) is 0 Å². The van der Waals surface area contributed by atoms with Crippen molar-refractivity contribution in [3.63, 3.8) is 0 Å². The van der Waals surface area contributed by atoms with Gasteiger partial charge in [0.05, 0.1) is 31.1 Å². The largest absolute Gasteiger partial charge is 0.384 e. The van der Waals surface area contributed by atoms with E-state index >= 15 is 0 Å². The SMILES string of the molecule is COCCC(=O)Nc1cnc(N(Cc2ccc(F)cc2)Cc2ccc(F)cc2)nc1. The van der Waals surface area contributed by atoms with E-state index in [1.54, 1.807) is 24.3 Å². The molecule has 0 atom stereocenters. The average molecular weight is 412 g/mol. The van der Waals surface area contributed by atoms with Crippen molar-refractivity contribution < 1.29 is 18.3 Å². The summed E-state index contributed by atoms with van der Waals surface area (Å²) in [6.07, 6.45) is 3.28. The van der Waals surface area contributed by atoms with E-state index in [0.717, 1.165) is 11.1 Å². The highest BCUT2D eigenvalue weighted by Crippen LogP contribution is 2.18. The Morgan fingerprint density at radius 1 is 0.933 bits per heavy atom. The Labute approximate surface area is 173 Å². The first-order valence-electron chi connectivity index (χ1n) is 9.38. The Hall–Kier alpha value is -3.39. The number of benzene rings is 2. The lowest BCUT2D eigenvalue weighted by molar-refractivity contribution is -0.117. The van der Waals surface area contributed by atoms with Crippen LogP contribution in [0.2, 0.25) is 0 Å². The van der Waals surface area contributed by atoms with Crippen molar-refractivity contribution in [3.05, 3.63) is 83.7 Å². The molecule has 0 aliphatic rings. The van der Waals surface area contributed by atoms with Crippen LogP contribution in [0, 0.1) is 11.6 Å². The average Bonchev–Trinajstić information content (AvgIpc) is 2.75. The molecule has 1 heterocycles. The minimum absolute atomic E-state index is 0.192. The first-order chi connectivity index (χ1) is 14.5. The third-order valence-electron chi connectivity index (χ3n) is 4.31. The molecule has 0 saturated carbocycles. The van der Waals surface area contributed by atoms with Crippen LogP contribution in [0.5, 0.6) is 0 Å². The molecule has 0 unspecified atom stereocenters. The number of nitrogens with one attached hydrogen (secondary N) is 1. The molecule has 0 saturated heterocycles. The number of halogens is 2. The van der Waals surface area contributed by atoms with Gasteiger partial charge in [-0.3, -0.25) is 4.79 Å². The molecule has 1 N–H and O–H groups in total. The second-order valence-corrected chi connectivity index (χ2v) is 6.67. The van der Waals surface area contributed by atoms with E-state index in [0.29, 0.717) is 31.3 Å². The van der Waals surface area contributed by atoms with Crippen LogP contribution in [0.4, 0.5) is 20.4 Å². The highest BCUT2D eigenvalue weighted by Gasteiger charge is 2.13. The Morgan fingerprint density at radius 3 is 1.90 bits per heavy atom. The molecular formula is C22H22F2N4O2. The number of methoxy groups -OCH3 is 1. The van der Waals surface area contributed by atoms with Crippen LogP contribution in [-0.2, 0) is 22.6 Å². The van der Waals surface area contributed by atoms with Crippen molar-refractivity contribution in [1.29, 1.82) is 0 Å². The van der Waals surface area contributed by atoms with E-state index in [4.69, 9.17) is 4.74 Å². The molecule has 3 aromatic rings. The number of ether oxygens (including phenoxy) is 1. The minimum atomic E-state index is -0.311. The Kier molecular flexibility index (Phi) is 7.40. The molecule has 3 rings (SSSR count). The van der Waals surface area contributed by atoms with E-state index in [1.807, 2.05) is 4.90 Å². The van der Waals surface area contributed by atoms with Gasteiger partial charge in [-0.2, -0.15) is 0 Å². The highest BCUT2D eigenvalue weighted by atomic mass is 19.1. The number of carbonyl (C=O) groups excluding carboxylic acids is 1. The Bertz CT molecular complexity index is 901. The Morgan fingerprint density at radius 2 is 1.43 bits per heavy atom. The standard InChI is InChI=1S/C22H22F2N4O2/c1-30-11-10-21(29)27-20-12-25-22(26-13-20)28(14-16-2-6-18(23)7-3-16)15-17-4-8-19(24)9-5-17/h2-9,12-13H,10-11,14-15H2,1H3,(H,27,29). The number of hydrogen-bond acceptors (Lipinski definition) is 5. The monoisotopic (exact) mass is 412 g/mol. The lowest BCUT2D eigenvalue weighted by atomic mass is 10.1. The van der Waals surface area contributed by atoms with Crippen LogP contribution in [-0.4, -0.2) is 29.6 Å². The zero-order chi connectivity index (χ0) is 21.3. The fourth-order valence-electron chi connectivity index (χ4n) is 2.79. The number of nitrogens with zero attached hydrogens (tertiary/aromatic N) is 3. The maximum absolute atomic E-state index is 13.2. The predicted octanol–water partition coefficient (Wildman–Crippen LogP) is 3.94. The molecule has 30 heavy (non-hydrogen) atoms. The van der Waals surface area contributed by atoms with Crippen LogP contribution in [0.15, 0.2) is 60.9 Å². The van der Waals surface area contributed by atoms with Gasteiger partial charge in [0.15, 0.2) is 0 Å². The zero-order valence-electron chi connectivity index (χ0n) is 16.5. The van der Waals surface area contributed by atoms with Gasteiger partial charge in [-0.1, -0.05) is 24.3 Å². The summed E-state index contributed by atoms with van der Waals surface area (Å²) in [5.74, 6) is -0.386. The maximum atomic E-state index is 13.2. The predicted molar refractivity (Wildman–Crippen MR) is 110 cm³/mol. The van der Waals surface area contributed by atoms with Gasteiger partial charge in [0.25, 0.3) is 0 Å². The molecule has 156 valence electrons. The van der Waals surface area contributed by atoms with Crippen molar-refractivity contribution >= 4 is 17.5 Å². The second kappa shape index (κ2) is 10.4.